The molecule has 0 bridgehead atoms. The Morgan fingerprint density at radius 1 is 0.800 bits per heavy atom. The highest BCUT2D eigenvalue weighted by atomic mass is 16.7. The number of carbonyl (C=O) groups is 2. The van der Waals surface area contributed by atoms with Gasteiger partial charge in [0, 0.05) is 26.1 Å². The van der Waals surface area contributed by atoms with Crippen molar-refractivity contribution in [3.63, 3.8) is 0 Å². The van der Waals surface area contributed by atoms with Gasteiger partial charge < -0.3 is 19.3 Å². The molecule has 0 aliphatic rings. The van der Waals surface area contributed by atoms with Gasteiger partial charge in [-0.25, -0.2) is 0 Å². The summed E-state index contributed by atoms with van der Waals surface area (Å²) in [6, 6.07) is 0. The first-order chi connectivity index (χ1) is 12.1. The lowest BCUT2D eigenvalue weighted by molar-refractivity contribution is -0.149. The molecule has 0 aromatic carbocycles. The fourth-order valence-electron chi connectivity index (χ4n) is 2.15. The highest BCUT2D eigenvalue weighted by Gasteiger charge is 2.09. The lowest BCUT2D eigenvalue weighted by Gasteiger charge is -2.18. The van der Waals surface area contributed by atoms with Crippen LogP contribution in [0, 0.1) is 0 Å². The summed E-state index contributed by atoms with van der Waals surface area (Å²) >= 11 is 0. The third-order valence-corrected chi connectivity index (χ3v) is 3.72. The van der Waals surface area contributed by atoms with Crippen LogP contribution in [0.4, 0.5) is 0 Å². The predicted octanol–water partition coefficient (Wildman–Crippen LogP) is 4.30. The Hall–Kier alpha value is -1.14. The van der Waals surface area contributed by atoms with Crippen LogP contribution in [0.1, 0.15) is 84.5 Å². The number of carboxylic acids is 1. The van der Waals surface area contributed by atoms with Gasteiger partial charge in [-0.15, -0.1) is 0 Å². The van der Waals surface area contributed by atoms with Gasteiger partial charge in [0.2, 0.25) is 0 Å². The van der Waals surface area contributed by atoms with E-state index in [-0.39, 0.29) is 25.1 Å². The van der Waals surface area contributed by atoms with E-state index in [2.05, 4.69) is 13.8 Å². The Morgan fingerprint density at radius 2 is 1.40 bits per heavy atom. The van der Waals surface area contributed by atoms with Crippen molar-refractivity contribution in [3.05, 3.63) is 0 Å². The maximum Gasteiger partial charge on any atom is 0.305 e. The normalized spacial score (nSPS) is 11.0. The highest BCUT2D eigenvalue weighted by molar-refractivity contribution is 5.69. The summed E-state index contributed by atoms with van der Waals surface area (Å²) in [5.41, 5.74) is 0. The van der Waals surface area contributed by atoms with Crippen LogP contribution < -0.4 is 0 Å². The van der Waals surface area contributed by atoms with E-state index in [1.807, 2.05) is 0 Å². The Bertz CT molecular complexity index is 322. The Labute approximate surface area is 152 Å². The molecule has 148 valence electrons. The van der Waals surface area contributed by atoms with E-state index in [4.69, 9.17) is 19.3 Å². The lowest BCUT2D eigenvalue weighted by Crippen LogP contribution is -2.19. The summed E-state index contributed by atoms with van der Waals surface area (Å²) in [5.74, 6) is -1.08. The van der Waals surface area contributed by atoms with Crippen molar-refractivity contribution in [3.8, 4) is 0 Å². The molecule has 0 atom stereocenters. The van der Waals surface area contributed by atoms with Crippen LogP contribution in [-0.4, -0.2) is 43.2 Å². The summed E-state index contributed by atoms with van der Waals surface area (Å²) < 4.78 is 16.7. The molecule has 6 heteroatoms. The van der Waals surface area contributed by atoms with Gasteiger partial charge >= 0.3 is 11.9 Å². The number of carboxylic acid groups (broad SMARTS) is 1. The van der Waals surface area contributed by atoms with Gasteiger partial charge in [-0.05, 0) is 44.9 Å². The third kappa shape index (κ3) is 17.5. The summed E-state index contributed by atoms with van der Waals surface area (Å²) in [5, 5.41) is 8.52. The number of hydrogen-bond donors (Lipinski definition) is 1. The molecule has 6 nitrogen and oxygen atoms in total. The van der Waals surface area contributed by atoms with Crippen LogP contribution in [-0.2, 0) is 23.8 Å². The van der Waals surface area contributed by atoms with Gasteiger partial charge in [0.1, 0.15) is 0 Å². The van der Waals surface area contributed by atoms with E-state index in [1.54, 1.807) is 0 Å². The van der Waals surface area contributed by atoms with Crippen molar-refractivity contribution in [2.75, 3.05) is 19.8 Å². The molecular weight excluding hydrogens is 324 g/mol. The first-order valence-corrected chi connectivity index (χ1v) is 9.70. The topological polar surface area (TPSA) is 82.1 Å². The molecule has 0 unspecified atom stereocenters. The smallest absolute Gasteiger partial charge is 0.305 e. The zero-order valence-corrected chi connectivity index (χ0v) is 16.0. The number of rotatable bonds is 18. The molecule has 0 amide bonds. The van der Waals surface area contributed by atoms with Crippen molar-refractivity contribution in [2.24, 2.45) is 0 Å². The average Bonchev–Trinajstić information content (AvgIpc) is 2.58. The maximum atomic E-state index is 11.5. The molecule has 0 saturated carbocycles. The molecule has 0 aromatic heterocycles. The summed E-state index contributed by atoms with van der Waals surface area (Å²) in [6.45, 7) is 6.10. The van der Waals surface area contributed by atoms with Crippen molar-refractivity contribution in [1.29, 1.82) is 0 Å². The minimum atomic E-state index is -0.828. The lowest BCUT2D eigenvalue weighted by atomic mass is 10.2. The molecule has 0 rings (SSSR count). The van der Waals surface area contributed by atoms with Gasteiger partial charge in [0.05, 0.1) is 6.61 Å². The molecule has 0 aliphatic carbocycles. The monoisotopic (exact) mass is 360 g/mol. The van der Waals surface area contributed by atoms with Gasteiger partial charge in [-0.2, -0.15) is 0 Å². The van der Waals surface area contributed by atoms with Crippen LogP contribution >= 0.6 is 0 Å². The second-order valence-electron chi connectivity index (χ2n) is 6.20. The van der Waals surface area contributed by atoms with Crippen molar-refractivity contribution < 1.29 is 28.9 Å². The van der Waals surface area contributed by atoms with Gasteiger partial charge in [-0.1, -0.05) is 26.7 Å². The number of carbonyl (C=O) groups excluding carboxylic acids is 1. The van der Waals surface area contributed by atoms with Crippen LogP contribution in [0.5, 0.6) is 0 Å². The second-order valence-corrected chi connectivity index (χ2v) is 6.20. The number of hydrogen-bond acceptors (Lipinski definition) is 5. The first kappa shape index (κ1) is 23.9. The standard InChI is InChI=1S/C19H36O6/c1-3-5-14-24-19(25-15-6-4-2)13-9-10-16-23-18(22)12-8-7-11-17(20)21/h19H,3-16H2,1-2H3,(H,20,21). The van der Waals surface area contributed by atoms with Crippen LogP contribution in [0.25, 0.3) is 0 Å². The molecule has 25 heavy (non-hydrogen) atoms. The van der Waals surface area contributed by atoms with E-state index in [1.165, 1.54) is 0 Å². The van der Waals surface area contributed by atoms with Crippen LogP contribution in [0.15, 0.2) is 0 Å². The Balaban J connectivity index is 3.69. The zero-order valence-electron chi connectivity index (χ0n) is 16.0. The van der Waals surface area contributed by atoms with E-state index in [0.29, 0.717) is 19.4 Å². The van der Waals surface area contributed by atoms with Gasteiger partial charge in [0.15, 0.2) is 6.29 Å². The fraction of sp³-hybridized carbons (Fsp3) is 0.895. The van der Waals surface area contributed by atoms with Crippen LogP contribution in [0.3, 0.4) is 0 Å². The van der Waals surface area contributed by atoms with E-state index >= 15 is 0 Å². The van der Waals surface area contributed by atoms with Crippen molar-refractivity contribution in [1.82, 2.24) is 0 Å². The molecule has 0 radical (unpaired) electrons. The van der Waals surface area contributed by atoms with Gasteiger partial charge in [0.25, 0.3) is 0 Å². The molecule has 0 aromatic rings. The fourth-order valence-corrected chi connectivity index (χ4v) is 2.15. The van der Waals surface area contributed by atoms with E-state index in [9.17, 15) is 9.59 Å². The maximum absolute atomic E-state index is 11.5. The van der Waals surface area contributed by atoms with Crippen molar-refractivity contribution >= 4 is 11.9 Å². The average molecular weight is 360 g/mol. The summed E-state index contributed by atoms with van der Waals surface area (Å²) in [4.78, 5) is 21.9. The zero-order chi connectivity index (χ0) is 18.8. The molecule has 0 saturated heterocycles. The molecule has 0 fully saturated rings. The quantitative estimate of drug-likeness (QED) is 0.223. The number of unbranched alkanes of at least 4 members (excludes halogenated alkanes) is 4. The minimum absolute atomic E-state index is 0.102. The summed E-state index contributed by atoms with van der Waals surface area (Å²) in [6.07, 6.45) is 8.05. The van der Waals surface area contributed by atoms with Gasteiger partial charge in [-0.3, -0.25) is 9.59 Å². The molecule has 0 heterocycles. The first-order valence-electron chi connectivity index (χ1n) is 9.70. The van der Waals surface area contributed by atoms with Crippen molar-refractivity contribution in [2.45, 2.75) is 90.8 Å². The summed E-state index contributed by atoms with van der Waals surface area (Å²) in [7, 11) is 0. The number of ether oxygens (including phenoxy) is 3. The van der Waals surface area contributed by atoms with E-state index < -0.39 is 5.97 Å². The Morgan fingerprint density at radius 3 is 1.96 bits per heavy atom. The highest BCUT2D eigenvalue weighted by Crippen LogP contribution is 2.10. The number of esters is 1. The molecular formula is C19H36O6. The SMILES string of the molecule is CCCCOC(CCCCOC(=O)CCCCC(=O)O)OCCCC. The molecule has 0 spiro atoms. The third-order valence-electron chi connectivity index (χ3n) is 3.72. The minimum Gasteiger partial charge on any atom is -0.481 e. The van der Waals surface area contributed by atoms with E-state index in [0.717, 1.165) is 58.2 Å². The Kier molecular flexibility index (Phi) is 16.9. The molecule has 0 aliphatic heterocycles. The largest absolute Gasteiger partial charge is 0.481 e. The second kappa shape index (κ2) is 17.7. The predicted molar refractivity (Wildman–Crippen MR) is 96.4 cm³/mol. The number of aliphatic carboxylic acids is 1. The molecule has 1 N–H and O–H groups in total. The van der Waals surface area contributed by atoms with Crippen LogP contribution in [0.2, 0.25) is 0 Å².